The van der Waals surface area contributed by atoms with Crippen LogP contribution in [0.25, 0.3) is 0 Å². The van der Waals surface area contributed by atoms with Crippen molar-refractivity contribution in [1.29, 1.82) is 0 Å². The number of rotatable bonds is 9. The maximum Gasteiger partial charge on any atom is 0.407 e. The zero-order chi connectivity index (χ0) is 35.9. The second-order valence-corrected chi connectivity index (χ2v) is 5.37. The van der Waals surface area contributed by atoms with Crippen LogP contribution in [0.4, 0.5) is 4.79 Å². The van der Waals surface area contributed by atoms with E-state index in [0.717, 1.165) is 0 Å². The van der Waals surface area contributed by atoms with Crippen molar-refractivity contribution in [2.75, 3.05) is 26.6 Å². The van der Waals surface area contributed by atoms with E-state index >= 15 is 0 Å². The third-order valence-electron chi connectivity index (χ3n) is 2.05. The molecule has 0 saturated heterocycles. The van der Waals surface area contributed by atoms with Gasteiger partial charge in [-0.05, 0) is 55.9 Å². The van der Waals surface area contributed by atoms with E-state index < -0.39 is 95.6 Å². The van der Waals surface area contributed by atoms with Gasteiger partial charge in [0.15, 0.2) is 0 Å². The van der Waals surface area contributed by atoms with Gasteiger partial charge < -0.3 is 25.6 Å². The summed E-state index contributed by atoms with van der Waals surface area (Å²) in [5.74, 6) is 0. The lowest BCUT2D eigenvalue weighted by Crippen LogP contribution is -2.26. The van der Waals surface area contributed by atoms with Gasteiger partial charge in [0.2, 0.25) is 0 Å². The van der Waals surface area contributed by atoms with Gasteiger partial charge in [0, 0.05) is 31.3 Å². The third-order valence-corrected chi connectivity index (χ3v) is 3.46. The van der Waals surface area contributed by atoms with Crippen LogP contribution in [0.15, 0.2) is 34.9 Å². The Morgan fingerprint density at radius 2 is 1.85 bits per heavy atom. The van der Waals surface area contributed by atoms with Crippen LogP contribution < -0.4 is 10.6 Å². The van der Waals surface area contributed by atoms with Crippen LogP contribution in [-0.2, 0) is 4.74 Å². The van der Waals surface area contributed by atoms with E-state index in [9.17, 15) is 15.0 Å². The van der Waals surface area contributed by atoms with Crippen LogP contribution in [0.1, 0.15) is 67.6 Å². The number of alkyl carbamates (subject to hydrolysis) is 1. The molecule has 0 aliphatic heterocycles. The second kappa shape index (κ2) is 13.7. The van der Waals surface area contributed by atoms with E-state index in [1.165, 1.54) is 12.2 Å². The largest absolute Gasteiger partial charge is 0.450 e. The molecule has 2 aromatic rings. The van der Waals surface area contributed by atoms with Crippen LogP contribution in [0.5, 0.6) is 0 Å². The number of ether oxygens (including phenoxy) is 1. The average molecular weight is 420 g/mol. The van der Waals surface area contributed by atoms with Crippen molar-refractivity contribution in [2.24, 2.45) is 0 Å². The summed E-state index contributed by atoms with van der Waals surface area (Å²) >= 11 is 0.612. The number of amides is 1. The summed E-state index contributed by atoms with van der Waals surface area (Å²) in [6.45, 7) is -8.30. The molecule has 8 heteroatoms. The standard InChI is InChI=1S/C10H15NO3S.C8H13NOS/c1-2-14-10(13)11-6-5-8(12)9-4-3-7-15-9;1-9-5-4-7(10)8-3-2-6-11-8/h3-4,7-8,12H,2,5-6H2,1H3,(H,11,13);2-3,6-7,9-10H,4-5H2,1H3/i3D,4D,5D2,6D2,7D,8D;1D3,2D,3D,4D2,5D2,6D,7D. The van der Waals surface area contributed by atoms with Gasteiger partial charge in [-0.2, -0.15) is 0 Å². The molecule has 0 fully saturated rings. The lowest BCUT2D eigenvalue weighted by Gasteiger charge is -2.09. The van der Waals surface area contributed by atoms with Crippen molar-refractivity contribution in [3.63, 3.8) is 0 Å². The number of hydrogen-bond donors (Lipinski definition) is 4. The highest BCUT2D eigenvalue weighted by molar-refractivity contribution is 7.10. The normalized spacial score (nSPS) is 28.3. The van der Waals surface area contributed by atoms with Crippen molar-refractivity contribution in [3.05, 3.63) is 44.6 Å². The highest BCUT2D eigenvalue weighted by atomic mass is 32.1. The summed E-state index contributed by atoms with van der Waals surface area (Å²) in [5, 5.41) is 22.3. The van der Waals surface area contributed by atoms with Gasteiger partial charge in [-0.15, -0.1) is 22.7 Å². The number of thiophene rings is 2. The van der Waals surface area contributed by atoms with Crippen LogP contribution in [0.2, 0.25) is 0 Å². The van der Waals surface area contributed by atoms with Gasteiger partial charge in [-0.1, -0.05) is 12.1 Å². The van der Waals surface area contributed by atoms with Crippen molar-refractivity contribution in [2.45, 2.75) is 31.8 Å². The molecule has 26 heavy (non-hydrogen) atoms. The summed E-state index contributed by atoms with van der Waals surface area (Å²) in [5.41, 5.74) is 0. The molecular weight excluding hydrogens is 372 g/mol. The quantitative estimate of drug-likeness (QED) is 0.501. The molecule has 0 bridgehead atoms. The average Bonchev–Trinajstić information content (AvgIpc) is 3.27. The fourth-order valence-electron chi connectivity index (χ4n) is 1.10. The highest BCUT2D eigenvalue weighted by Gasteiger charge is 2.09. The van der Waals surface area contributed by atoms with E-state index in [2.05, 4.69) is 4.74 Å². The van der Waals surface area contributed by atoms with Gasteiger partial charge in [-0.3, -0.25) is 0 Å². The Bertz CT molecular complexity index is 1370. The first-order valence-electron chi connectivity index (χ1n) is 16.2. The van der Waals surface area contributed by atoms with Crippen LogP contribution in [0.3, 0.4) is 0 Å². The molecule has 2 aromatic heterocycles. The van der Waals surface area contributed by atoms with E-state index in [4.69, 9.17) is 26.0 Å². The predicted octanol–water partition coefficient (Wildman–Crippen LogP) is 3.31. The second-order valence-electron chi connectivity index (χ2n) is 3.73. The van der Waals surface area contributed by atoms with E-state index in [0.29, 0.717) is 11.3 Å². The Morgan fingerprint density at radius 3 is 2.31 bits per heavy atom. The minimum atomic E-state index is -3.49. The lowest BCUT2D eigenvalue weighted by atomic mass is 10.2. The summed E-state index contributed by atoms with van der Waals surface area (Å²) in [6, 6.07) is -2.76. The van der Waals surface area contributed by atoms with Crippen LogP contribution >= 0.6 is 22.7 Å². The molecule has 0 aliphatic carbocycles. The van der Waals surface area contributed by atoms with Gasteiger partial charge >= 0.3 is 6.09 Å². The zero-order valence-electron chi connectivity index (χ0n) is 32.2. The Hall–Kier alpha value is -1.45. The number of nitrogens with one attached hydrogen (secondary N) is 2. The van der Waals surface area contributed by atoms with Crippen LogP contribution in [-0.4, -0.2) is 42.9 Å². The Balaban J connectivity index is 0.000000450. The van der Waals surface area contributed by atoms with Gasteiger partial charge in [0.05, 0.1) is 29.7 Å². The zero-order valence-corrected chi connectivity index (χ0v) is 14.9. The predicted molar refractivity (Wildman–Crippen MR) is 107 cm³/mol. The number of carbonyl (C=O) groups is 1. The van der Waals surface area contributed by atoms with Gasteiger partial charge in [-0.25, -0.2) is 4.79 Å². The van der Waals surface area contributed by atoms with E-state index in [1.807, 2.05) is 0 Å². The molecule has 2 atom stereocenters. The van der Waals surface area contributed by atoms with Crippen molar-refractivity contribution >= 4 is 28.8 Å². The summed E-state index contributed by atoms with van der Waals surface area (Å²) < 4.78 is 147. The summed E-state index contributed by atoms with van der Waals surface area (Å²) in [4.78, 5) is 9.87. The molecule has 146 valence electrons. The molecule has 2 unspecified atom stereocenters. The minimum Gasteiger partial charge on any atom is -0.450 e. The summed E-state index contributed by atoms with van der Waals surface area (Å²) in [7, 11) is 0. The number of aliphatic hydroxyl groups is 2. The molecule has 2 heterocycles. The Kier molecular flexibility index (Phi) is 3.79. The Morgan fingerprint density at radius 1 is 1.27 bits per heavy atom. The highest BCUT2D eigenvalue weighted by Crippen LogP contribution is 2.21. The molecule has 1 amide bonds. The number of carbonyl (C=O) groups excluding carboxylic acids is 1. The molecule has 2 rings (SSSR count). The third kappa shape index (κ3) is 9.30. The van der Waals surface area contributed by atoms with Crippen LogP contribution in [0, 0.1) is 0 Å². The fraction of sp³-hybridized carbons (Fsp3) is 0.500. The first-order chi connectivity index (χ1) is 19.8. The topological polar surface area (TPSA) is 90.8 Å². The molecule has 0 saturated carbocycles. The maximum atomic E-state index is 11.3. The summed E-state index contributed by atoms with van der Waals surface area (Å²) in [6.07, 6.45) is -14.9. The Labute approximate surface area is 189 Å². The fourth-order valence-corrected chi connectivity index (χ4v) is 2.00. The molecule has 0 aromatic carbocycles. The maximum absolute atomic E-state index is 11.3. The molecule has 6 nitrogen and oxygen atoms in total. The lowest BCUT2D eigenvalue weighted by molar-refractivity contribution is 0.144. The minimum absolute atomic E-state index is 0.0950. The van der Waals surface area contributed by atoms with Gasteiger partial charge in [0.25, 0.3) is 0 Å². The molecular formula is C18H28N2O4S2. The molecule has 4 N–H and O–H groups in total. The molecule has 0 radical (unpaired) electrons. The van der Waals surface area contributed by atoms with Gasteiger partial charge in [0.1, 0.15) is 0 Å². The number of hydrogen-bond acceptors (Lipinski definition) is 7. The van der Waals surface area contributed by atoms with E-state index in [-0.39, 0.29) is 17.9 Å². The van der Waals surface area contributed by atoms with Crippen molar-refractivity contribution < 1.29 is 45.8 Å². The first-order valence-corrected chi connectivity index (χ1v) is 8.30. The van der Waals surface area contributed by atoms with E-state index in [1.54, 1.807) is 5.32 Å². The molecule has 0 aliphatic rings. The monoisotopic (exact) mass is 419 g/mol. The smallest absolute Gasteiger partial charge is 0.407 e. The van der Waals surface area contributed by atoms with Crippen molar-refractivity contribution in [1.82, 2.24) is 10.6 Å². The first kappa shape index (κ1) is 7.18. The SMILES string of the molecule is [2H]c1sc(C([2H])(O)C([2H])([2H])C([2H])([2H])NC(=O)OCC)c([2H])c1[2H].[2H]c1sc(C([2H])(O)C([2H])([2H])C([2H])([2H])NC([2H])([2H])[2H])c([2H])c1[2H]. The van der Waals surface area contributed by atoms with Crippen molar-refractivity contribution in [3.8, 4) is 0 Å². The molecule has 0 spiro atoms.